The molecule has 0 bridgehead atoms. The molecule has 1 aromatic carbocycles. The van der Waals surface area contributed by atoms with Crippen molar-refractivity contribution in [3.63, 3.8) is 0 Å². The van der Waals surface area contributed by atoms with Gasteiger partial charge in [-0.05, 0) is 18.6 Å². The maximum absolute atomic E-state index is 5.79. The number of hydrogen-bond donors (Lipinski definition) is 2. The maximum atomic E-state index is 5.79. The second-order valence-corrected chi connectivity index (χ2v) is 5.36. The van der Waals surface area contributed by atoms with Crippen LogP contribution in [0.5, 0.6) is 5.75 Å². The summed E-state index contributed by atoms with van der Waals surface area (Å²) in [4.78, 5) is 0. The quantitative estimate of drug-likeness (QED) is 0.450. The molecule has 1 rings (SSSR count). The summed E-state index contributed by atoms with van der Waals surface area (Å²) in [6.45, 7) is 3.28. The third-order valence-electron chi connectivity index (χ3n) is 3.59. The fourth-order valence-electron chi connectivity index (χ4n) is 2.31. The molecule has 0 atom stereocenters. The minimum absolute atomic E-state index is 0.685. The van der Waals surface area contributed by atoms with Gasteiger partial charge in [0.1, 0.15) is 5.75 Å². The third kappa shape index (κ3) is 6.69. The minimum Gasteiger partial charge on any atom is -0.495 e. The van der Waals surface area contributed by atoms with Crippen molar-refractivity contribution < 1.29 is 4.74 Å². The highest BCUT2D eigenvalue weighted by Crippen LogP contribution is 2.24. The molecule has 0 aliphatic heterocycles. The molecule has 3 nitrogen and oxygen atoms in total. The van der Waals surface area contributed by atoms with Gasteiger partial charge in [0, 0.05) is 18.3 Å². The number of nitrogens with one attached hydrogen (secondary N) is 1. The Kier molecular flexibility index (Phi) is 8.68. The molecular weight excluding hydrogens is 248 g/mol. The molecule has 3 N–H and O–H groups in total. The second kappa shape index (κ2) is 10.4. The van der Waals surface area contributed by atoms with Crippen LogP contribution in [0.2, 0.25) is 0 Å². The lowest BCUT2D eigenvalue weighted by molar-refractivity contribution is 0.417. The van der Waals surface area contributed by atoms with E-state index < -0.39 is 0 Å². The van der Waals surface area contributed by atoms with E-state index in [1.165, 1.54) is 51.4 Å². The minimum atomic E-state index is 0.685. The normalized spacial score (nSPS) is 10.5. The molecule has 0 saturated heterocycles. The van der Waals surface area contributed by atoms with Crippen LogP contribution >= 0.6 is 0 Å². The number of anilines is 2. The molecular formula is C17H30N2O. The standard InChI is InChI=1S/C17H30N2O/c1-3-4-5-6-7-8-9-10-13-19-15-11-12-16(18)17(14-15)20-2/h11-12,14,19H,3-10,13,18H2,1-2H3. The van der Waals surface area contributed by atoms with Crippen molar-refractivity contribution in [2.24, 2.45) is 0 Å². The number of unbranched alkanes of at least 4 members (excludes halogenated alkanes) is 7. The topological polar surface area (TPSA) is 47.3 Å². The summed E-state index contributed by atoms with van der Waals surface area (Å²) in [6.07, 6.45) is 10.8. The Hall–Kier alpha value is -1.38. The van der Waals surface area contributed by atoms with Crippen LogP contribution in [0.1, 0.15) is 58.3 Å². The monoisotopic (exact) mass is 278 g/mol. The van der Waals surface area contributed by atoms with Crippen molar-refractivity contribution in [1.82, 2.24) is 0 Å². The van der Waals surface area contributed by atoms with Crippen LogP contribution in [0.3, 0.4) is 0 Å². The van der Waals surface area contributed by atoms with Gasteiger partial charge in [-0.25, -0.2) is 0 Å². The molecule has 0 amide bonds. The lowest BCUT2D eigenvalue weighted by atomic mass is 10.1. The SMILES string of the molecule is CCCCCCCCCCNc1ccc(N)c(OC)c1. The number of ether oxygens (including phenoxy) is 1. The molecule has 0 aromatic heterocycles. The second-order valence-electron chi connectivity index (χ2n) is 5.36. The van der Waals surface area contributed by atoms with Crippen molar-refractivity contribution in [2.75, 3.05) is 24.7 Å². The van der Waals surface area contributed by atoms with Gasteiger partial charge in [0.15, 0.2) is 0 Å². The maximum Gasteiger partial charge on any atom is 0.143 e. The van der Waals surface area contributed by atoms with Gasteiger partial charge in [0.25, 0.3) is 0 Å². The molecule has 0 radical (unpaired) electrons. The summed E-state index contributed by atoms with van der Waals surface area (Å²) >= 11 is 0. The summed E-state index contributed by atoms with van der Waals surface area (Å²) in [5.74, 6) is 0.742. The zero-order valence-electron chi connectivity index (χ0n) is 13.1. The van der Waals surface area contributed by atoms with Crippen LogP contribution in [0.15, 0.2) is 18.2 Å². The van der Waals surface area contributed by atoms with Crippen molar-refractivity contribution in [2.45, 2.75) is 58.3 Å². The molecule has 0 aliphatic rings. The fourth-order valence-corrected chi connectivity index (χ4v) is 2.31. The molecule has 0 aliphatic carbocycles. The summed E-state index contributed by atoms with van der Waals surface area (Å²) < 4.78 is 5.21. The summed E-state index contributed by atoms with van der Waals surface area (Å²) in [5, 5.41) is 3.42. The molecule has 0 saturated carbocycles. The molecule has 3 heteroatoms. The van der Waals surface area contributed by atoms with Crippen molar-refractivity contribution >= 4 is 11.4 Å². The Balaban J connectivity index is 2.06. The van der Waals surface area contributed by atoms with E-state index >= 15 is 0 Å². The van der Waals surface area contributed by atoms with Gasteiger partial charge >= 0.3 is 0 Å². The van der Waals surface area contributed by atoms with Crippen LogP contribution < -0.4 is 15.8 Å². The highest BCUT2D eigenvalue weighted by Gasteiger charge is 2.00. The smallest absolute Gasteiger partial charge is 0.143 e. The van der Waals surface area contributed by atoms with Crippen LogP contribution in [0.4, 0.5) is 11.4 Å². The van der Waals surface area contributed by atoms with E-state index in [1.54, 1.807) is 7.11 Å². The molecule has 1 aromatic rings. The Morgan fingerprint density at radius 3 is 2.30 bits per heavy atom. The molecule has 0 unspecified atom stereocenters. The van der Waals surface area contributed by atoms with E-state index in [2.05, 4.69) is 12.2 Å². The van der Waals surface area contributed by atoms with Gasteiger partial charge in [-0.2, -0.15) is 0 Å². The highest BCUT2D eigenvalue weighted by atomic mass is 16.5. The van der Waals surface area contributed by atoms with Crippen LogP contribution in [0.25, 0.3) is 0 Å². The van der Waals surface area contributed by atoms with Gasteiger partial charge < -0.3 is 15.8 Å². The van der Waals surface area contributed by atoms with E-state index in [4.69, 9.17) is 10.5 Å². The molecule has 0 fully saturated rings. The van der Waals surface area contributed by atoms with Gasteiger partial charge in [0.05, 0.1) is 12.8 Å². The number of hydrogen-bond acceptors (Lipinski definition) is 3. The first kappa shape index (κ1) is 16.7. The van der Waals surface area contributed by atoms with Crippen LogP contribution in [0, 0.1) is 0 Å². The Labute approximate surface area is 123 Å². The first-order valence-electron chi connectivity index (χ1n) is 7.95. The Morgan fingerprint density at radius 2 is 1.65 bits per heavy atom. The lowest BCUT2D eigenvalue weighted by Gasteiger charge is -2.09. The summed E-state index contributed by atoms with van der Waals surface area (Å²) in [6, 6.07) is 5.84. The predicted molar refractivity (Wildman–Crippen MR) is 88.5 cm³/mol. The average Bonchev–Trinajstić information content (AvgIpc) is 2.47. The molecule has 114 valence electrons. The van der Waals surface area contributed by atoms with E-state index in [9.17, 15) is 0 Å². The Morgan fingerprint density at radius 1 is 1.00 bits per heavy atom. The number of nitrogens with two attached hydrogens (primary N) is 1. The molecule has 0 heterocycles. The van der Waals surface area contributed by atoms with Gasteiger partial charge in [-0.15, -0.1) is 0 Å². The van der Waals surface area contributed by atoms with Crippen molar-refractivity contribution in [1.29, 1.82) is 0 Å². The van der Waals surface area contributed by atoms with Crippen molar-refractivity contribution in [3.8, 4) is 5.75 Å². The van der Waals surface area contributed by atoms with Gasteiger partial charge in [0.2, 0.25) is 0 Å². The molecule has 0 spiro atoms. The first-order valence-corrected chi connectivity index (χ1v) is 7.95. The van der Waals surface area contributed by atoms with Crippen LogP contribution in [-0.4, -0.2) is 13.7 Å². The largest absolute Gasteiger partial charge is 0.495 e. The number of nitrogen functional groups attached to an aromatic ring is 1. The predicted octanol–water partition coefficient (Wildman–Crippen LogP) is 4.83. The van der Waals surface area contributed by atoms with Gasteiger partial charge in [-0.1, -0.05) is 51.9 Å². The Bertz CT molecular complexity index is 366. The van der Waals surface area contributed by atoms with Crippen molar-refractivity contribution in [3.05, 3.63) is 18.2 Å². The fraction of sp³-hybridized carbons (Fsp3) is 0.647. The van der Waals surface area contributed by atoms with E-state index in [0.29, 0.717) is 5.69 Å². The summed E-state index contributed by atoms with van der Waals surface area (Å²) in [5.41, 5.74) is 7.56. The molecule has 20 heavy (non-hydrogen) atoms. The third-order valence-corrected chi connectivity index (χ3v) is 3.59. The summed E-state index contributed by atoms with van der Waals surface area (Å²) in [7, 11) is 1.65. The van der Waals surface area contributed by atoms with E-state index in [-0.39, 0.29) is 0 Å². The van der Waals surface area contributed by atoms with Gasteiger partial charge in [-0.3, -0.25) is 0 Å². The lowest BCUT2D eigenvalue weighted by Crippen LogP contribution is -2.02. The number of methoxy groups -OCH3 is 1. The number of rotatable bonds is 11. The van der Waals surface area contributed by atoms with E-state index in [1.807, 2.05) is 18.2 Å². The number of benzene rings is 1. The average molecular weight is 278 g/mol. The zero-order valence-corrected chi connectivity index (χ0v) is 13.1. The van der Waals surface area contributed by atoms with E-state index in [0.717, 1.165) is 18.0 Å². The zero-order chi connectivity index (χ0) is 14.6. The highest BCUT2D eigenvalue weighted by molar-refractivity contribution is 5.61. The van der Waals surface area contributed by atoms with Crippen LogP contribution in [-0.2, 0) is 0 Å². The first-order chi connectivity index (χ1) is 9.77.